The molecule has 1 atom stereocenters. The molecule has 0 aromatic rings. The van der Waals surface area contributed by atoms with Gasteiger partial charge in [-0.15, -0.1) is 0 Å². The predicted octanol–water partition coefficient (Wildman–Crippen LogP) is 4.28. The maximum Gasteiger partial charge on any atom is 0.0407 e. The molecule has 1 radical (unpaired) electrons. The summed E-state index contributed by atoms with van der Waals surface area (Å²) in [6.45, 7) is 2.24. The Kier molecular flexibility index (Phi) is 8.83. The zero-order valence-electron chi connectivity index (χ0n) is 6.45. The molecule has 0 bridgehead atoms. The van der Waals surface area contributed by atoms with Crippen molar-refractivity contribution in [3.63, 3.8) is 0 Å². The van der Waals surface area contributed by atoms with E-state index < -0.39 is 0 Å². The molecule has 0 saturated carbocycles. The van der Waals surface area contributed by atoms with Crippen LogP contribution in [0.3, 0.4) is 0 Å². The lowest BCUT2D eigenvalue weighted by Crippen LogP contribution is -1.93. The minimum Gasteiger partial charge on any atom is -0.0878 e. The molecule has 0 amide bonds. The fourth-order valence-corrected chi connectivity index (χ4v) is 1.42. The first-order chi connectivity index (χ1) is 4.81. The van der Waals surface area contributed by atoms with E-state index in [1.54, 1.807) is 0 Å². The molecule has 0 heterocycles. The summed E-state index contributed by atoms with van der Waals surface area (Å²) in [5.74, 6) is 0. The van der Waals surface area contributed by atoms with Crippen LogP contribution in [0.2, 0.25) is 0 Å². The Morgan fingerprint density at radius 2 is 2.00 bits per heavy atom. The molecule has 0 aliphatic rings. The summed E-state index contributed by atoms with van der Waals surface area (Å²) in [4.78, 5) is 0.560. The number of hydrogen-bond acceptors (Lipinski definition) is 0. The van der Waals surface area contributed by atoms with Crippen molar-refractivity contribution in [1.29, 1.82) is 0 Å². The van der Waals surface area contributed by atoms with Gasteiger partial charge in [0.15, 0.2) is 0 Å². The molecule has 1 unspecified atom stereocenters. The smallest absolute Gasteiger partial charge is 0.0407 e. The second-order valence-corrected chi connectivity index (χ2v) is 4.20. The predicted molar refractivity (Wildman–Crippen MR) is 54.7 cm³/mol. The van der Waals surface area contributed by atoms with Crippen molar-refractivity contribution >= 4 is 31.9 Å². The number of rotatable bonds is 6. The van der Waals surface area contributed by atoms with Crippen molar-refractivity contribution in [3.8, 4) is 0 Å². The monoisotopic (exact) mass is 269 g/mol. The average Bonchev–Trinajstić information content (AvgIpc) is 1.98. The lowest BCUT2D eigenvalue weighted by Gasteiger charge is -2.03. The Balaban J connectivity index is 2.89. The first-order valence-corrected chi connectivity index (χ1v) is 5.72. The van der Waals surface area contributed by atoms with Gasteiger partial charge in [0, 0.05) is 10.2 Å². The number of halogens is 2. The molecule has 0 aromatic heterocycles. The van der Waals surface area contributed by atoms with E-state index in [-0.39, 0.29) is 0 Å². The Morgan fingerprint density at radius 3 is 2.50 bits per heavy atom. The third-order valence-corrected chi connectivity index (χ3v) is 3.54. The molecule has 0 fully saturated rings. The molecular weight excluding hydrogens is 256 g/mol. The van der Waals surface area contributed by atoms with Crippen molar-refractivity contribution < 1.29 is 0 Å². The fraction of sp³-hybridized carbons (Fsp3) is 0.875. The van der Waals surface area contributed by atoms with Crippen molar-refractivity contribution in [2.45, 2.75) is 43.9 Å². The van der Waals surface area contributed by atoms with Gasteiger partial charge in [0.2, 0.25) is 0 Å². The van der Waals surface area contributed by atoms with E-state index in [9.17, 15) is 0 Å². The maximum atomic E-state index is 3.53. The van der Waals surface area contributed by atoms with Gasteiger partial charge in [0.25, 0.3) is 0 Å². The first-order valence-electron chi connectivity index (χ1n) is 3.89. The normalized spacial score (nSPS) is 13.5. The molecule has 61 valence electrons. The summed E-state index contributed by atoms with van der Waals surface area (Å²) in [7, 11) is 0. The number of hydrogen-bond donors (Lipinski definition) is 0. The molecule has 0 nitrogen and oxygen atoms in total. The Bertz CT molecular complexity index is 64.3. The summed E-state index contributed by atoms with van der Waals surface area (Å²) in [5.41, 5.74) is 0. The van der Waals surface area contributed by atoms with Gasteiger partial charge in [-0.2, -0.15) is 0 Å². The van der Waals surface area contributed by atoms with E-state index in [0.29, 0.717) is 4.83 Å². The van der Waals surface area contributed by atoms with E-state index in [0.717, 1.165) is 0 Å². The highest BCUT2D eigenvalue weighted by molar-refractivity contribution is 9.13. The molecule has 0 saturated heterocycles. The molecule has 0 spiro atoms. The van der Waals surface area contributed by atoms with Crippen LogP contribution in [-0.4, -0.2) is 4.83 Å². The van der Waals surface area contributed by atoms with Crippen LogP contribution in [0.25, 0.3) is 0 Å². The Morgan fingerprint density at radius 1 is 1.30 bits per heavy atom. The topological polar surface area (TPSA) is 0 Å². The van der Waals surface area contributed by atoms with Crippen molar-refractivity contribution in [1.82, 2.24) is 0 Å². The SMILES string of the molecule is CCCCCCC(Br)[CH]Br. The molecule has 0 aromatic carbocycles. The summed E-state index contributed by atoms with van der Waals surface area (Å²) in [6.07, 6.45) is 6.67. The zero-order chi connectivity index (χ0) is 7.82. The van der Waals surface area contributed by atoms with E-state index in [1.165, 1.54) is 32.1 Å². The van der Waals surface area contributed by atoms with E-state index in [2.05, 4.69) is 38.8 Å². The lowest BCUT2D eigenvalue weighted by molar-refractivity contribution is 0.642. The second kappa shape index (κ2) is 8.06. The molecule has 2 heteroatoms. The quantitative estimate of drug-likeness (QED) is 0.499. The van der Waals surface area contributed by atoms with Gasteiger partial charge in [-0.05, 0) is 6.42 Å². The third-order valence-electron chi connectivity index (χ3n) is 1.47. The summed E-state index contributed by atoms with van der Waals surface area (Å²) in [5, 5.41) is 2.03. The minimum atomic E-state index is 0.560. The number of alkyl halides is 1. The lowest BCUT2D eigenvalue weighted by atomic mass is 10.1. The fourth-order valence-electron chi connectivity index (χ4n) is 0.829. The van der Waals surface area contributed by atoms with Crippen LogP contribution in [0.5, 0.6) is 0 Å². The van der Waals surface area contributed by atoms with Crippen LogP contribution in [0.15, 0.2) is 0 Å². The molecular formula is C8H15Br2. The largest absolute Gasteiger partial charge is 0.0878 e. The van der Waals surface area contributed by atoms with Gasteiger partial charge in [-0.1, -0.05) is 64.5 Å². The molecule has 0 aliphatic heterocycles. The van der Waals surface area contributed by atoms with Gasteiger partial charge in [0.1, 0.15) is 0 Å². The molecule has 0 rings (SSSR count). The summed E-state index contributed by atoms with van der Waals surface area (Å²) in [6, 6.07) is 0. The second-order valence-electron chi connectivity index (χ2n) is 2.49. The van der Waals surface area contributed by atoms with E-state index in [4.69, 9.17) is 0 Å². The Hall–Kier alpha value is 0.960. The molecule has 0 aliphatic carbocycles. The highest BCUT2D eigenvalue weighted by atomic mass is 79.9. The Labute approximate surface area is 81.0 Å². The van der Waals surface area contributed by atoms with Crippen molar-refractivity contribution in [3.05, 3.63) is 5.33 Å². The van der Waals surface area contributed by atoms with Gasteiger partial charge in [-0.25, -0.2) is 0 Å². The van der Waals surface area contributed by atoms with Gasteiger partial charge in [-0.3, -0.25) is 0 Å². The van der Waals surface area contributed by atoms with Crippen LogP contribution in [-0.2, 0) is 0 Å². The third kappa shape index (κ3) is 7.07. The summed E-state index contributed by atoms with van der Waals surface area (Å²) < 4.78 is 0. The van der Waals surface area contributed by atoms with Crippen LogP contribution >= 0.6 is 31.9 Å². The van der Waals surface area contributed by atoms with Crippen LogP contribution < -0.4 is 0 Å². The van der Waals surface area contributed by atoms with Crippen LogP contribution in [0.4, 0.5) is 0 Å². The number of unbranched alkanes of at least 4 members (excludes halogenated alkanes) is 3. The van der Waals surface area contributed by atoms with E-state index in [1.807, 2.05) is 5.33 Å². The van der Waals surface area contributed by atoms with Crippen LogP contribution in [0.1, 0.15) is 39.0 Å². The average molecular weight is 271 g/mol. The van der Waals surface area contributed by atoms with Gasteiger partial charge in [0.05, 0.1) is 0 Å². The zero-order valence-corrected chi connectivity index (χ0v) is 9.62. The minimum absolute atomic E-state index is 0.560. The molecule has 0 N–H and O–H groups in total. The maximum absolute atomic E-state index is 3.53. The van der Waals surface area contributed by atoms with Crippen LogP contribution in [0, 0.1) is 5.33 Å². The highest BCUT2D eigenvalue weighted by Gasteiger charge is 1.99. The van der Waals surface area contributed by atoms with Gasteiger partial charge < -0.3 is 0 Å². The standard InChI is InChI=1S/C8H15Br2/c1-2-3-4-5-6-8(10)7-9/h7-8H,2-6H2,1H3. The summed E-state index contributed by atoms with van der Waals surface area (Å²) >= 11 is 6.84. The van der Waals surface area contributed by atoms with Crippen molar-refractivity contribution in [2.75, 3.05) is 0 Å². The first kappa shape index (κ1) is 11.0. The van der Waals surface area contributed by atoms with E-state index >= 15 is 0 Å². The molecule has 10 heavy (non-hydrogen) atoms. The highest BCUT2D eigenvalue weighted by Crippen LogP contribution is 2.16. The van der Waals surface area contributed by atoms with Gasteiger partial charge >= 0.3 is 0 Å². The van der Waals surface area contributed by atoms with Crippen molar-refractivity contribution in [2.24, 2.45) is 0 Å².